The molecule has 0 aliphatic carbocycles. The van der Waals surface area contributed by atoms with Crippen LogP contribution in [0.25, 0.3) is 77.2 Å². The predicted molar refractivity (Wildman–Crippen MR) is 228 cm³/mol. The van der Waals surface area contributed by atoms with E-state index in [2.05, 4.69) is 205 Å². The van der Waals surface area contributed by atoms with Crippen LogP contribution in [0.15, 0.2) is 217 Å². The molecule has 0 unspecified atom stereocenters. The monoisotopic (exact) mass is 689 g/mol. The summed E-state index contributed by atoms with van der Waals surface area (Å²) in [5.41, 5.74) is 14.5. The van der Waals surface area contributed by atoms with E-state index in [1.165, 1.54) is 49.7 Å². The van der Waals surface area contributed by atoms with Crippen molar-refractivity contribution in [2.75, 3.05) is 4.90 Å². The molecule has 9 aromatic carbocycles. The number of hydrogen-bond donors (Lipinski definition) is 0. The van der Waals surface area contributed by atoms with Gasteiger partial charge in [-0.15, -0.1) is 0 Å². The first kappa shape index (κ1) is 31.6. The van der Waals surface area contributed by atoms with Crippen LogP contribution in [0.5, 0.6) is 0 Å². The Morgan fingerprint density at radius 2 is 0.870 bits per heavy atom. The molecule has 0 saturated heterocycles. The van der Waals surface area contributed by atoms with Gasteiger partial charge in [-0.3, -0.25) is 0 Å². The molecule has 2 heteroatoms. The van der Waals surface area contributed by atoms with Crippen LogP contribution in [-0.2, 0) is 0 Å². The molecule has 10 rings (SSSR count). The zero-order valence-corrected chi connectivity index (χ0v) is 29.6. The van der Waals surface area contributed by atoms with E-state index in [0.717, 1.165) is 44.6 Å². The summed E-state index contributed by atoms with van der Waals surface area (Å²) in [6, 6.07) is 75.9. The third kappa shape index (κ3) is 5.71. The second-order valence-corrected chi connectivity index (χ2v) is 13.7. The lowest BCUT2D eigenvalue weighted by Gasteiger charge is -2.27. The molecule has 1 aromatic heterocycles. The maximum Gasteiger partial charge on any atom is 0.137 e. The third-order valence-corrected chi connectivity index (χ3v) is 10.5. The highest BCUT2D eigenvalue weighted by molar-refractivity contribution is 6.13. The van der Waals surface area contributed by atoms with Crippen LogP contribution >= 0.6 is 0 Å². The summed E-state index contributed by atoms with van der Waals surface area (Å²) < 4.78 is 6.38. The lowest BCUT2D eigenvalue weighted by molar-refractivity contribution is 0.669. The number of nitrogens with zero attached hydrogens (tertiary/aromatic N) is 1. The Bertz CT molecular complexity index is 2910. The number of benzene rings is 9. The molecule has 0 aliphatic rings. The molecule has 0 amide bonds. The first-order valence-corrected chi connectivity index (χ1v) is 18.4. The van der Waals surface area contributed by atoms with Crippen LogP contribution in [0.4, 0.5) is 17.1 Å². The van der Waals surface area contributed by atoms with E-state index in [-0.39, 0.29) is 0 Å². The summed E-state index contributed by atoms with van der Waals surface area (Å²) >= 11 is 0. The summed E-state index contributed by atoms with van der Waals surface area (Å²) in [5, 5.41) is 4.68. The number of anilines is 3. The van der Waals surface area contributed by atoms with Crippen molar-refractivity contribution in [2.45, 2.75) is 0 Å². The largest absolute Gasteiger partial charge is 0.456 e. The van der Waals surface area contributed by atoms with E-state index in [0.29, 0.717) is 0 Å². The summed E-state index contributed by atoms with van der Waals surface area (Å²) in [6.45, 7) is 0. The van der Waals surface area contributed by atoms with E-state index >= 15 is 0 Å². The van der Waals surface area contributed by atoms with Crippen molar-refractivity contribution in [1.82, 2.24) is 0 Å². The van der Waals surface area contributed by atoms with Gasteiger partial charge in [0.15, 0.2) is 0 Å². The quantitative estimate of drug-likeness (QED) is 0.166. The molecule has 54 heavy (non-hydrogen) atoms. The molecule has 1 heterocycles. The number of fused-ring (bicyclic) bond motifs is 4. The van der Waals surface area contributed by atoms with Crippen molar-refractivity contribution in [3.8, 4) is 44.5 Å². The van der Waals surface area contributed by atoms with Gasteiger partial charge in [0, 0.05) is 16.8 Å². The van der Waals surface area contributed by atoms with Gasteiger partial charge in [0.2, 0.25) is 0 Å². The van der Waals surface area contributed by atoms with Gasteiger partial charge in [0.1, 0.15) is 11.2 Å². The van der Waals surface area contributed by atoms with Crippen molar-refractivity contribution in [3.63, 3.8) is 0 Å². The van der Waals surface area contributed by atoms with Crippen LogP contribution in [0, 0.1) is 0 Å². The molecular weight excluding hydrogens is 655 g/mol. The number of para-hydroxylation sites is 1. The van der Waals surface area contributed by atoms with Crippen LogP contribution < -0.4 is 4.90 Å². The molecule has 0 atom stereocenters. The zero-order valence-electron chi connectivity index (χ0n) is 29.6. The minimum absolute atomic E-state index is 0.869. The minimum atomic E-state index is 0.869. The fourth-order valence-electron chi connectivity index (χ4n) is 7.80. The zero-order chi connectivity index (χ0) is 35.8. The maximum atomic E-state index is 6.38. The highest BCUT2D eigenvalue weighted by atomic mass is 16.3. The minimum Gasteiger partial charge on any atom is -0.456 e. The normalized spacial score (nSPS) is 11.3. The maximum absolute atomic E-state index is 6.38. The smallest absolute Gasteiger partial charge is 0.137 e. The summed E-state index contributed by atoms with van der Waals surface area (Å²) in [5.74, 6) is 0. The summed E-state index contributed by atoms with van der Waals surface area (Å²) in [6.07, 6.45) is 0. The second-order valence-electron chi connectivity index (χ2n) is 13.7. The van der Waals surface area contributed by atoms with Crippen LogP contribution in [0.2, 0.25) is 0 Å². The van der Waals surface area contributed by atoms with E-state index in [1.807, 2.05) is 12.1 Å². The van der Waals surface area contributed by atoms with Gasteiger partial charge < -0.3 is 9.32 Å². The fourth-order valence-corrected chi connectivity index (χ4v) is 7.80. The lowest BCUT2D eigenvalue weighted by atomic mass is 9.95. The van der Waals surface area contributed by atoms with Gasteiger partial charge in [-0.05, 0) is 104 Å². The first-order chi connectivity index (χ1) is 26.8. The van der Waals surface area contributed by atoms with E-state index in [9.17, 15) is 0 Å². The summed E-state index contributed by atoms with van der Waals surface area (Å²) in [4.78, 5) is 2.36. The Kier molecular flexibility index (Phi) is 7.85. The van der Waals surface area contributed by atoms with Crippen molar-refractivity contribution in [3.05, 3.63) is 212 Å². The Labute approximate surface area is 314 Å². The van der Waals surface area contributed by atoms with Crippen LogP contribution in [0.1, 0.15) is 0 Å². The third-order valence-electron chi connectivity index (χ3n) is 10.5. The Balaban J connectivity index is 1.08. The molecule has 10 aromatic rings. The van der Waals surface area contributed by atoms with Gasteiger partial charge in [0.05, 0.1) is 11.1 Å². The molecule has 254 valence electrons. The van der Waals surface area contributed by atoms with E-state index < -0.39 is 0 Å². The van der Waals surface area contributed by atoms with Gasteiger partial charge >= 0.3 is 0 Å². The van der Waals surface area contributed by atoms with Gasteiger partial charge in [0.25, 0.3) is 0 Å². The Hall–Kier alpha value is -7.16. The van der Waals surface area contributed by atoms with E-state index in [4.69, 9.17) is 4.42 Å². The van der Waals surface area contributed by atoms with Crippen LogP contribution in [-0.4, -0.2) is 0 Å². The molecule has 0 bridgehead atoms. The first-order valence-electron chi connectivity index (χ1n) is 18.4. The molecular formula is C52H35NO. The molecule has 2 nitrogen and oxygen atoms in total. The van der Waals surface area contributed by atoms with Crippen molar-refractivity contribution in [1.29, 1.82) is 0 Å². The summed E-state index contributed by atoms with van der Waals surface area (Å²) in [7, 11) is 0. The second kappa shape index (κ2) is 13.4. The Morgan fingerprint density at radius 3 is 1.65 bits per heavy atom. The average Bonchev–Trinajstić information content (AvgIpc) is 3.64. The molecule has 0 aliphatic heterocycles. The van der Waals surface area contributed by atoms with Gasteiger partial charge in [-0.25, -0.2) is 0 Å². The molecule has 0 spiro atoms. The molecule has 0 N–H and O–H groups in total. The molecule has 0 saturated carbocycles. The highest BCUT2D eigenvalue weighted by Crippen LogP contribution is 2.44. The van der Waals surface area contributed by atoms with E-state index in [1.54, 1.807) is 0 Å². The predicted octanol–water partition coefficient (Wildman–Crippen LogP) is 14.9. The molecule has 0 fully saturated rings. The lowest BCUT2D eigenvalue weighted by Crippen LogP contribution is -2.10. The van der Waals surface area contributed by atoms with Crippen molar-refractivity contribution < 1.29 is 4.42 Å². The standard InChI is InChI=1S/C52H35NO/c1-3-12-36(13-4-1)37-24-26-38(27-25-37)42-17-9-18-45(34-42)53(49-21-11-23-51-52(49)47-19-7-8-22-50(47)54-51)44-32-30-39(31-33-44)43-29-28-41-16-10-20-46(48(41)35-43)40-14-5-2-6-15-40/h1-35H. The Morgan fingerprint density at radius 1 is 0.315 bits per heavy atom. The number of hydrogen-bond acceptors (Lipinski definition) is 2. The number of furan rings is 1. The van der Waals surface area contributed by atoms with Crippen LogP contribution in [0.3, 0.4) is 0 Å². The topological polar surface area (TPSA) is 16.4 Å². The SMILES string of the molecule is c1ccc(-c2ccc(-c3cccc(N(c4ccc(-c5ccc6cccc(-c7ccccc7)c6c5)cc4)c4cccc5oc6ccccc6c45)c3)cc2)cc1. The fraction of sp³-hybridized carbons (Fsp3) is 0. The average molecular weight is 690 g/mol. The van der Waals surface area contributed by atoms with Crippen molar-refractivity contribution in [2.24, 2.45) is 0 Å². The van der Waals surface area contributed by atoms with Crippen molar-refractivity contribution >= 4 is 49.8 Å². The van der Waals surface area contributed by atoms with Gasteiger partial charge in [-0.2, -0.15) is 0 Å². The molecule has 0 radical (unpaired) electrons. The highest BCUT2D eigenvalue weighted by Gasteiger charge is 2.20. The van der Waals surface area contributed by atoms with Gasteiger partial charge in [-0.1, -0.05) is 164 Å². The number of rotatable bonds is 7.